The smallest absolute Gasteiger partial charge is 0.290 e. The fraction of sp³-hybridized carbons (Fsp3) is 0.214. The Kier molecular flexibility index (Phi) is 2.98. The molecule has 0 saturated heterocycles. The number of amides is 1. The van der Waals surface area contributed by atoms with Gasteiger partial charge in [0, 0.05) is 5.56 Å². The van der Waals surface area contributed by atoms with Gasteiger partial charge in [-0.1, -0.05) is 17.3 Å². The van der Waals surface area contributed by atoms with Gasteiger partial charge in [-0.05, 0) is 26.0 Å². The number of carbonyl (C=O) groups excluding carboxylic acids is 1. The van der Waals surface area contributed by atoms with Crippen LogP contribution < -0.4 is 5.32 Å². The lowest BCUT2D eigenvalue weighted by Crippen LogP contribution is -2.27. The van der Waals surface area contributed by atoms with E-state index in [-0.39, 0.29) is 17.7 Å². The standard InChI is InChI=1S/C14H14N4O2/c1-8-7-15-20-12(8)14(19)16-9(2)13-17-10-5-3-4-6-11(10)18-13/h3-7,9H,1-2H3,(H,16,19)(H,17,18). The van der Waals surface area contributed by atoms with Crippen LogP contribution in [-0.2, 0) is 0 Å². The van der Waals surface area contributed by atoms with E-state index in [9.17, 15) is 4.79 Å². The van der Waals surface area contributed by atoms with Crippen molar-refractivity contribution in [1.29, 1.82) is 0 Å². The lowest BCUT2D eigenvalue weighted by atomic mass is 10.2. The first-order valence-corrected chi connectivity index (χ1v) is 6.32. The summed E-state index contributed by atoms with van der Waals surface area (Å²) in [5.74, 6) is 0.637. The monoisotopic (exact) mass is 270 g/mol. The Labute approximate surface area is 115 Å². The first-order chi connectivity index (χ1) is 9.65. The summed E-state index contributed by atoms with van der Waals surface area (Å²) in [6, 6.07) is 7.48. The number of rotatable bonds is 3. The average molecular weight is 270 g/mol. The van der Waals surface area contributed by atoms with Crippen molar-refractivity contribution in [2.75, 3.05) is 0 Å². The predicted octanol–water partition coefficient (Wildman–Crippen LogP) is 2.35. The maximum Gasteiger partial charge on any atom is 0.290 e. The normalized spacial score (nSPS) is 12.5. The number of H-pyrrole nitrogens is 1. The van der Waals surface area contributed by atoms with Gasteiger partial charge in [-0.15, -0.1) is 0 Å². The highest BCUT2D eigenvalue weighted by atomic mass is 16.5. The molecule has 1 aromatic carbocycles. The number of hydrogen-bond acceptors (Lipinski definition) is 4. The van der Waals surface area contributed by atoms with E-state index < -0.39 is 0 Å². The van der Waals surface area contributed by atoms with Crippen LogP contribution in [0.4, 0.5) is 0 Å². The molecular formula is C14H14N4O2. The Morgan fingerprint density at radius 3 is 2.90 bits per heavy atom. The predicted molar refractivity (Wildman–Crippen MR) is 73.2 cm³/mol. The van der Waals surface area contributed by atoms with Crippen LogP contribution in [-0.4, -0.2) is 21.0 Å². The van der Waals surface area contributed by atoms with Crippen LogP contribution >= 0.6 is 0 Å². The number of para-hydroxylation sites is 2. The Morgan fingerprint density at radius 2 is 2.20 bits per heavy atom. The number of fused-ring (bicyclic) bond motifs is 1. The second kappa shape index (κ2) is 4.80. The number of aromatic amines is 1. The van der Waals surface area contributed by atoms with Crippen LogP contribution in [0.5, 0.6) is 0 Å². The Hall–Kier alpha value is -2.63. The van der Waals surface area contributed by atoms with Crippen LogP contribution in [0.15, 0.2) is 35.0 Å². The Balaban J connectivity index is 1.80. The highest BCUT2D eigenvalue weighted by Crippen LogP contribution is 2.16. The molecule has 0 fully saturated rings. The molecular weight excluding hydrogens is 256 g/mol. The number of aryl methyl sites for hydroxylation is 1. The van der Waals surface area contributed by atoms with E-state index in [0.717, 1.165) is 11.0 Å². The van der Waals surface area contributed by atoms with Crippen LogP contribution in [0.25, 0.3) is 11.0 Å². The summed E-state index contributed by atoms with van der Waals surface area (Å²) in [4.78, 5) is 19.7. The van der Waals surface area contributed by atoms with Crippen LogP contribution in [0.1, 0.15) is 34.9 Å². The van der Waals surface area contributed by atoms with Crippen molar-refractivity contribution in [3.63, 3.8) is 0 Å². The molecule has 0 aliphatic rings. The number of nitrogens with one attached hydrogen (secondary N) is 2. The van der Waals surface area contributed by atoms with E-state index in [1.807, 2.05) is 31.2 Å². The van der Waals surface area contributed by atoms with Gasteiger partial charge in [-0.2, -0.15) is 0 Å². The Bertz CT molecular complexity index is 726. The third kappa shape index (κ3) is 2.16. The second-order valence-corrected chi connectivity index (χ2v) is 4.67. The molecule has 1 atom stereocenters. The van der Waals surface area contributed by atoms with E-state index in [0.29, 0.717) is 11.4 Å². The molecule has 102 valence electrons. The van der Waals surface area contributed by atoms with Crippen molar-refractivity contribution in [2.24, 2.45) is 0 Å². The molecule has 6 nitrogen and oxygen atoms in total. The molecule has 1 unspecified atom stereocenters. The molecule has 20 heavy (non-hydrogen) atoms. The fourth-order valence-corrected chi connectivity index (χ4v) is 2.02. The topological polar surface area (TPSA) is 83.8 Å². The highest BCUT2D eigenvalue weighted by molar-refractivity contribution is 5.92. The summed E-state index contributed by atoms with van der Waals surface area (Å²) in [5, 5.41) is 6.43. The van der Waals surface area contributed by atoms with Crippen LogP contribution in [0.2, 0.25) is 0 Å². The van der Waals surface area contributed by atoms with Gasteiger partial charge in [-0.3, -0.25) is 4.79 Å². The number of nitrogens with zero attached hydrogens (tertiary/aromatic N) is 2. The fourth-order valence-electron chi connectivity index (χ4n) is 2.02. The zero-order chi connectivity index (χ0) is 14.1. The number of benzene rings is 1. The molecule has 1 amide bonds. The summed E-state index contributed by atoms with van der Waals surface area (Å²) >= 11 is 0. The van der Waals surface area contributed by atoms with E-state index in [2.05, 4.69) is 20.4 Å². The zero-order valence-corrected chi connectivity index (χ0v) is 11.2. The van der Waals surface area contributed by atoms with E-state index >= 15 is 0 Å². The van der Waals surface area contributed by atoms with Crippen molar-refractivity contribution >= 4 is 16.9 Å². The maximum atomic E-state index is 12.0. The van der Waals surface area contributed by atoms with Gasteiger partial charge in [0.15, 0.2) is 0 Å². The van der Waals surface area contributed by atoms with Crippen molar-refractivity contribution in [3.8, 4) is 0 Å². The summed E-state index contributed by atoms with van der Waals surface area (Å²) in [5.41, 5.74) is 2.53. The molecule has 0 saturated carbocycles. The van der Waals surface area contributed by atoms with Crippen molar-refractivity contribution in [1.82, 2.24) is 20.4 Å². The minimum atomic E-state index is -0.298. The molecule has 2 heterocycles. The average Bonchev–Trinajstić information content (AvgIpc) is 3.04. The van der Waals surface area contributed by atoms with Crippen molar-refractivity contribution in [2.45, 2.75) is 19.9 Å². The third-order valence-electron chi connectivity index (χ3n) is 3.12. The van der Waals surface area contributed by atoms with Gasteiger partial charge in [-0.25, -0.2) is 4.98 Å². The zero-order valence-electron chi connectivity index (χ0n) is 11.2. The van der Waals surface area contributed by atoms with E-state index in [1.165, 1.54) is 6.20 Å². The molecule has 0 aliphatic carbocycles. The summed E-state index contributed by atoms with van der Waals surface area (Å²) < 4.78 is 4.93. The largest absolute Gasteiger partial charge is 0.351 e. The number of imidazole rings is 1. The molecule has 3 aromatic rings. The van der Waals surface area contributed by atoms with Gasteiger partial charge >= 0.3 is 0 Å². The molecule has 0 aliphatic heterocycles. The molecule has 6 heteroatoms. The first-order valence-electron chi connectivity index (χ1n) is 6.32. The lowest BCUT2D eigenvalue weighted by Gasteiger charge is -2.09. The van der Waals surface area contributed by atoms with Gasteiger partial charge < -0.3 is 14.8 Å². The molecule has 0 radical (unpaired) electrons. The second-order valence-electron chi connectivity index (χ2n) is 4.67. The highest BCUT2D eigenvalue weighted by Gasteiger charge is 2.19. The number of aromatic nitrogens is 3. The maximum absolute atomic E-state index is 12.0. The molecule has 3 rings (SSSR count). The number of hydrogen-bond donors (Lipinski definition) is 2. The Morgan fingerprint density at radius 1 is 1.40 bits per heavy atom. The van der Waals surface area contributed by atoms with Gasteiger partial charge in [0.2, 0.25) is 5.76 Å². The SMILES string of the molecule is Cc1cnoc1C(=O)NC(C)c1nc2ccccc2[nH]1. The molecule has 0 bridgehead atoms. The van der Waals surface area contributed by atoms with Crippen molar-refractivity contribution in [3.05, 3.63) is 47.6 Å². The van der Waals surface area contributed by atoms with Crippen LogP contribution in [0.3, 0.4) is 0 Å². The summed E-state index contributed by atoms with van der Waals surface area (Å²) in [6.45, 7) is 3.64. The minimum absolute atomic E-state index is 0.230. The van der Waals surface area contributed by atoms with E-state index in [1.54, 1.807) is 6.92 Å². The van der Waals surface area contributed by atoms with Gasteiger partial charge in [0.25, 0.3) is 5.91 Å². The molecule has 2 N–H and O–H groups in total. The summed E-state index contributed by atoms with van der Waals surface area (Å²) in [6.07, 6.45) is 1.51. The van der Waals surface area contributed by atoms with Crippen molar-refractivity contribution < 1.29 is 9.32 Å². The van der Waals surface area contributed by atoms with Gasteiger partial charge in [0.1, 0.15) is 5.82 Å². The van der Waals surface area contributed by atoms with Gasteiger partial charge in [0.05, 0.1) is 23.3 Å². The quantitative estimate of drug-likeness (QED) is 0.765. The van der Waals surface area contributed by atoms with Crippen LogP contribution in [0, 0.1) is 6.92 Å². The lowest BCUT2D eigenvalue weighted by molar-refractivity contribution is 0.0900. The summed E-state index contributed by atoms with van der Waals surface area (Å²) in [7, 11) is 0. The molecule has 0 spiro atoms. The van der Waals surface area contributed by atoms with E-state index in [4.69, 9.17) is 4.52 Å². The minimum Gasteiger partial charge on any atom is -0.351 e. The first kappa shape index (κ1) is 12.4. The number of carbonyl (C=O) groups is 1. The molecule has 2 aromatic heterocycles. The third-order valence-corrected chi connectivity index (χ3v) is 3.12.